The highest BCUT2D eigenvalue weighted by molar-refractivity contribution is 14.0. The summed E-state index contributed by atoms with van der Waals surface area (Å²) in [6.07, 6.45) is 2.76. The highest BCUT2D eigenvalue weighted by Gasteiger charge is 2.15. The van der Waals surface area contributed by atoms with Crippen molar-refractivity contribution < 1.29 is 18.7 Å². The molecule has 0 fully saturated rings. The number of nitrogens with one attached hydrogen (secondary N) is 3. The number of guanidine groups is 1. The van der Waals surface area contributed by atoms with Gasteiger partial charge in [0.1, 0.15) is 17.1 Å². The largest absolute Gasteiger partial charge is 0.497 e. The Morgan fingerprint density at radius 3 is 2.34 bits per heavy atom. The number of aliphatic imine (C=N–C) groups is 1. The lowest BCUT2D eigenvalue weighted by Gasteiger charge is -2.19. The molecule has 0 aliphatic rings. The first-order chi connectivity index (χ1) is 14.9. The Balaban J connectivity index is 0.00000512. The van der Waals surface area contributed by atoms with Crippen LogP contribution in [0.5, 0.6) is 5.75 Å². The molecule has 0 bridgehead atoms. The van der Waals surface area contributed by atoms with Crippen molar-refractivity contribution in [3.8, 4) is 5.75 Å². The highest BCUT2D eigenvalue weighted by Crippen LogP contribution is 2.11. The fourth-order valence-corrected chi connectivity index (χ4v) is 2.63. The number of methoxy groups -OCH3 is 1. The van der Waals surface area contributed by atoms with Crippen molar-refractivity contribution in [1.82, 2.24) is 16.0 Å². The molecule has 8 nitrogen and oxygen atoms in total. The third kappa shape index (κ3) is 11.8. The monoisotopic (exact) mass is 558 g/mol. The molecule has 0 unspecified atom stereocenters. The molecule has 178 valence electrons. The number of hydrogen-bond acceptors (Lipinski definition) is 5. The van der Waals surface area contributed by atoms with Crippen LogP contribution in [0.15, 0.2) is 52.1 Å². The van der Waals surface area contributed by atoms with Gasteiger partial charge in [-0.1, -0.05) is 12.1 Å². The molecule has 1 aromatic heterocycles. The second-order valence-corrected chi connectivity index (χ2v) is 7.98. The van der Waals surface area contributed by atoms with E-state index in [-0.39, 0.29) is 24.0 Å². The summed E-state index contributed by atoms with van der Waals surface area (Å²) >= 11 is 0. The molecule has 2 rings (SSSR count). The fourth-order valence-electron chi connectivity index (χ4n) is 2.63. The number of rotatable bonds is 10. The predicted molar refractivity (Wildman–Crippen MR) is 137 cm³/mol. The number of carbonyl (C=O) groups is 1. The molecule has 1 aromatic carbocycles. The van der Waals surface area contributed by atoms with Crippen molar-refractivity contribution in [3.05, 3.63) is 54.0 Å². The minimum Gasteiger partial charge on any atom is -0.497 e. The van der Waals surface area contributed by atoms with E-state index in [0.717, 1.165) is 29.9 Å². The number of ether oxygens (including phenoxy) is 2. The summed E-state index contributed by atoms with van der Waals surface area (Å²) in [6.45, 7) is 7.93. The molecule has 0 atom stereocenters. The van der Waals surface area contributed by atoms with Crippen molar-refractivity contribution >= 4 is 36.0 Å². The van der Waals surface area contributed by atoms with E-state index in [1.165, 1.54) is 0 Å². The maximum Gasteiger partial charge on any atom is 0.407 e. The molecular weight excluding hydrogens is 523 g/mol. The molecule has 2 aromatic rings. The van der Waals surface area contributed by atoms with Gasteiger partial charge in [-0.2, -0.15) is 0 Å². The second kappa shape index (κ2) is 14.6. The Hall–Kier alpha value is -2.43. The number of benzene rings is 1. The molecule has 1 heterocycles. The summed E-state index contributed by atoms with van der Waals surface area (Å²) in [5, 5.41) is 9.39. The smallest absolute Gasteiger partial charge is 0.407 e. The maximum absolute atomic E-state index is 11.7. The second-order valence-electron chi connectivity index (χ2n) is 7.98. The zero-order valence-electron chi connectivity index (χ0n) is 19.3. The van der Waals surface area contributed by atoms with E-state index in [4.69, 9.17) is 13.9 Å². The van der Waals surface area contributed by atoms with Crippen LogP contribution >= 0.6 is 24.0 Å². The van der Waals surface area contributed by atoms with Gasteiger partial charge >= 0.3 is 6.09 Å². The number of furan rings is 1. The first-order valence-electron chi connectivity index (χ1n) is 10.5. The van der Waals surface area contributed by atoms with Crippen LogP contribution in [0.1, 0.15) is 38.5 Å². The van der Waals surface area contributed by atoms with Gasteiger partial charge in [0.2, 0.25) is 0 Å². The van der Waals surface area contributed by atoms with E-state index >= 15 is 0 Å². The van der Waals surface area contributed by atoms with Crippen molar-refractivity contribution in [1.29, 1.82) is 0 Å². The number of alkyl carbamates (subject to hydrolysis) is 1. The zero-order chi connectivity index (χ0) is 22.5. The molecule has 0 saturated carbocycles. The van der Waals surface area contributed by atoms with Crippen molar-refractivity contribution in [3.63, 3.8) is 0 Å². The average Bonchev–Trinajstić information content (AvgIpc) is 3.24. The average molecular weight is 558 g/mol. The summed E-state index contributed by atoms with van der Waals surface area (Å²) in [5.41, 5.74) is 0.584. The molecule has 0 aliphatic carbocycles. The van der Waals surface area contributed by atoms with Crippen LogP contribution in [0.25, 0.3) is 0 Å². The molecule has 32 heavy (non-hydrogen) atoms. The Bertz CT molecular complexity index is 802. The summed E-state index contributed by atoms with van der Waals surface area (Å²) in [4.78, 5) is 16.4. The first kappa shape index (κ1) is 27.6. The molecule has 0 saturated heterocycles. The number of hydrogen-bond donors (Lipinski definition) is 3. The van der Waals surface area contributed by atoms with Crippen LogP contribution in [0, 0.1) is 0 Å². The Labute approximate surface area is 207 Å². The van der Waals surface area contributed by atoms with Crippen LogP contribution < -0.4 is 20.7 Å². The predicted octanol–water partition coefficient (Wildman–Crippen LogP) is 4.10. The van der Waals surface area contributed by atoms with E-state index in [1.807, 2.05) is 57.2 Å². The molecular formula is C23H35IN4O4. The Morgan fingerprint density at radius 1 is 1.03 bits per heavy atom. The molecule has 0 radical (unpaired) electrons. The molecule has 0 aliphatic heterocycles. The third-order valence-electron chi connectivity index (χ3n) is 4.14. The van der Waals surface area contributed by atoms with E-state index in [2.05, 4.69) is 20.9 Å². The van der Waals surface area contributed by atoms with E-state index in [9.17, 15) is 4.79 Å². The van der Waals surface area contributed by atoms with Gasteiger partial charge in [-0.25, -0.2) is 9.79 Å². The van der Waals surface area contributed by atoms with Crippen LogP contribution in [0.4, 0.5) is 4.79 Å². The SMILES string of the molecule is COc1ccc(CN=C(NCCCNC(=O)OC(C)(C)C)NCCc2ccco2)cc1.I. The summed E-state index contributed by atoms with van der Waals surface area (Å²) in [6, 6.07) is 11.7. The number of halogens is 1. The van der Waals surface area contributed by atoms with Crippen molar-refractivity contribution in [2.45, 2.75) is 45.8 Å². The summed E-state index contributed by atoms with van der Waals surface area (Å²) in [7, 11) is 1.65. The standard InChI is InChI=1S/C23H34N4O4.HI/c1-23(2,3)31-22(28)26-14-6-13-24-21(25-15-12-20-7-5-16-30-20)27-17-18-8-10-19(29-4)11-9-18;/h5,7-11,16H,6,12-15,17H2,1-4H3,(H,26,28)(H2,24,25,27);1H. The van der Waals surface area contributed by atoms with Crippen LogP contribution in [-0.2, 0) is 17.7 Å². The Kier molecular flexibility index (Phi) is 12.6. The van der Waals surface area contributed by atoms with E-state index in [0.29, 0.717) is 32.1 Å². The number of amides is 1. The lowest BCUT2D eigenvalue weighted by atomic mass is 10.2. The topological polar surface area (TPSA) is 97.1 Å². The molecule has 0 spiro atoms. The van der Waals surface area contributed by atoms with Gasteiger partial charge in [0, 0.05) is 26.1 Å². The minimum atomic E-state index is -0.498. The van der Waals surface area contributed by atoms with Gasteiger partial charge in [-0.15, -0.1) is 24.0 Å². The minimum absolute atomic E-state index is 0. The van der Waals surface area contributed by atoms with Gasteiger partial charge < -0.3 is 29.8 Å². The lowest BCUT2D eigenvalue weighted by Crippen LogP contribution is -2.40. The van der Waals surface area contributed by atoms with Crippen molar-refractivity contribution in [2.24, 2.45) is 4.99 Å². The Morgan fingerprint density at radius 2 is 1.72 bits per heavy atom. The van der Waals surface area contributed by atoms with E-state index < -0.39 is 11.7 Å². The first-order valence-corrected chi connectivity index (χ1v) is 10.5. The zero-order valence-corrected chi connectivity index (χ0v) is 21.6. The fraction of sp³-hybridized carbons (Fsp3) is 0.478. The third-order valence-corrected chi connectivity index (χ3v) is 4.14. The van der Waals surface area contributed by atoms with Crippen LogP contribution in [0.3, 0.4) is 0 Å². The van der Waals surface area contributed by atoms with Crippen molar-refractivity contribution in [2.75, 3.05) is 26.7 Å². The summed E-state index contributed by atoms with van der Waals surface area (Å²) < 4.78 is 15.8. The van der Waals surface area contributed by atoms with Gasteiger partial charge in [0.05, 0.1) is 19.9 Å². The number of carbonyl (C=O) groups excluding carboxylic acids is 1. The van der Waals surface area contributed by atoms with Gasteiger partial charge in [0.25, 0.3) is 0 Å². The molecule has 1 amide bonds. The van der Waals surface area contributed by atoms with Gasteiger partial charge in [-0.05, 0) is 57.0 Å². The quantitative estimate of drug-likeness (QED) is 0.176. The van der Waals surface area contributed by atoms with E-state index in [1.54, 1.807) is 13.4 Å². The summed E-state index contributed by atoms with van der Waals surface area (Å²) in [5.74, 6) is 2.45. The van der Waals surface area contributed by atoms with Gasteiger partial charge in [-0.3, -0.25) is 0 Å². The van der Waals surface area contributed by atoms with Gasteiger partial charge in [0.15, 0.2) is 5.96 Å². The van der Waals surface area contributed by atoms with Crippen LogP contribution in [-0.4, -0.2) is 44.4 Å². The maximum atomic E-state index is 11.7. The lowest BCUT2D eigenvalue weighted by molar-refractivity contribution is 0.0527. The normalized spacial score (nSPS) is 11.3. The molecule has 3 N–H and O–H groups in total. The molecule has 9 heteroatoms. The van der Waals surface area contributed by atoms with Crippen LogP contribution in [0.2, 0.25) is 0 Å². The highest BCUT2D eigenvalue weighted by atomic mass is 127. The number of nitrogens with zero attached hydrogens (tertiary/aromatic N) is 1.